The second kappa shape index (κ2) is 6.16. The summed E-state index contributed by atoms with van der Waals surface area (Å²) in [5.74, 6) is 0. The molecule has 0 saturated heterocycles. The minimum absolute atomic E-state index is 0.435. The smallest absolute Gasteiger partial charge is 0.0937 e. The molecule has 18 heavy (non-hydrogen) atoms. The molecule has 0 bridgehead atoms. The minimum Gasteiger partial charge on any atom is -0.387 e. The summed E-state index contributed by atoms with van der Waals surface area (Å²) in [6.07, 6.45) is 4.35. The summed E-state index contributed by atoms with van der Waals surface area (Å²) >= 11 is 1.59. The Bertz CT molecular complexity index is 460. The maximum absolute atomic E-state index is 10.1. The monoisotopic (exact) mass is 264 g/mol. The van der Waals surface area contributed by atoms with Crippen LogP contribution in [0.25, 0.3) is 0 Å². The van der Waals surface area contributed by atoms with Gasteiger partial charge in [0.2, 0.25) is 0 Å². The molecule has 0 aliphatic rings. The third kappa shape index (κ3) is 3.00. The average Bonchev–Trinajstić information content (AvgIpc) is 3.01. The average molecular weight is 264 g/mol. The van der Waals surface area contributed by atoms with Gasteiger partial charge in [0, 0.05) is 17.5 Å². The lowest BCUT2D eigenvalue weighted by Crippen LogP contribution is -2.08. The zero-order chi connectivity index (χ0) is 13.0. The first-order valence-electron chi connectivity index (χ1n) is 6.50. The molecule has 2 aromatic heterocycles. The SMILES string of the molecule is CCC(CC)n1ccc(CC(O)c2cccs2)n1. The number of nitrogens with zero attached hydrogens (tertiary/aromatic N) is 2. The van der Waals surface area contributed by atoms with Gasteiger partial charge in [-0.2, -0.15) is 5.10 Å². The highest BCUT2D eigenvalue weighted by Gasteiger charge is 2.13. The second-order valence-corrected chi connectivity index (χ2v) is 5.47. The molecule has 3 nitrogen and oxygen atoms in total. The van der Waals surface area contributed by atoms with E-state index in [1.807, 2.05) is 34.5 Å². The van der Waals surface area contributed by atoms with Crippen molar-refractivity contribution in [3.63, 3.8) is 0 Å². The van der Waals surface area contributed by atoms with Crippen LogP contribution in [0.1, 0.15) is 49.4 Å². The maximum Gasteiger partial charge on any atom is 0.0937 e. The molecule has 1 N–H and O–H groups in total. The lowest BCUT2D eigenvalue weighted by molar-refractivity contribution is 0.180. The molecule has 2 heterocycles. The van der Waals surface area contributed by atoms with Crippen molar-refractivity contribution in [1.29, 1.82) is 0 Å². The second-order valence-electron chi connectivity index (χ2n) is 4.49. The van der Waals surface area contributed by atoms with Gasteiger partial charge >= 0.3 is 0 Å². The van der Waals surface area contributed by atoms with E-state index in [-0.39, 0.29) is 0 Å². The summed E-state index contributed by atoms with van der Waals surface area (Å²) in [5.41, 5.74) is 0.961. The van der Waals surface area contributed by atoms with Crippen molar-refractivity contribution in [3.8, 4) is 0 Å². The van der Waals surface area contributed by atoms with Gasteiger partial charge in [-0.25, -0.2) is 0 Å². The normalized spacial score (nSPS) is 13.1. The van der Waals surface area contributed by atoms with Crippen LogP contribution < -0.4 is 0 Å². The van der Waals surface area contributed by atoms with Crippen LogP contribution >= 0.6 is 11.3 Å². The van der Waals surface area contributed by atoms with E-state index in [0.717, 1.165) is 23.4 Å². The van der Waals surface area contributed by atoms with Gasteiger partial charge in [-0.15, -0.1) is 11.3 Å². The first kappa shape index (κ1) is 13.3. The topological polar surface area (TPSA) is 38.0 Å². The molecule has 0 saturated carbocycles. The van der Waals surface area contributed by atoms with Gasteiger partial charge < -0.3 is 5.11 Å². The van der Waals surface area contributed by atoms with Crippen molar-refractivity contribution in [1.82, 2.24) is 9.78 Å². The zero-order valence-corrected chi connectivity index (χ0v) is 11.7. The Morgan fingerprint density at radius 1 is 1.33 bits per heavy atom. The van der Waals surface area contributed by atoms with Crippen molar-refractivity contribution in [2.24, 2.45) is 0 Å². The lowest BCUT2D eigenvalue weighted by Gasteiger charge is -2.12. The Kier molecular flexibility index (Phi) is 4.55. The Labute approximate surface area is 112 Å². The highest BCUT2D eigenvalue weighted by molar-refractivity contribution is 7.10. The van der Waals surface area contributed by atoms with E-state index in [1.54, 1.807) is 11.3 Å². The molecule has 0 fully saturated rings. The van der Waals surface area contributed by atoms with Gasteiger partial charge in [0.15, 0.2) is 0 Å². The maximum atomic E-state index is 10.1. The molecule has 0 amide bonds. The summed E-state index contributed by atoms with van der Waals surface area (Å²) in [7, 11) is 0. The highest BCUT2D eigenvalue weighted by Crippen LogP contribution is 2.22. The minimum atomic E-state index is -0.435. The Morgan fingerprint density at radius 2 is 2.11 bits per heavy atom. The first-order chi connectivity index (χ1) is 8.74. The molecule has 0 spiro atoms. The zero-order valence-electron chi connectivity index (χ0n) is 10.9. The summed E-state index contributed by atoms with van der Waals surface area (Å²) in [6.45, 7) is 4.35. The Morgan fingerprint density at radius 3 is 2.72 bits per heavy atom. The lowest BCUT2D eigenvalue weighted by atomic mass is 10.2. The summed E-state index contributed by atoms with van der Waals surface area (Å²) in [6, 6.07) is 6.41. The number of rotatable bonds is 6. The summed E-state index contributed by atoms with van der Waals surface area (Å²) in [5, 5.41) is 16.6. The van der Waals surface area contributed by atoms with Crippen LogP contribution in [0.3, 0.4) is 0 Å². The predicted octanol–water partition coefficient (Wildman–Crippen LogP) is 3.58. The van der Waals surface area contributed by atoms with Crippen LogP contribution in [-0.2, 0) is 6.42 Å². The molecule has 4 heteroatoms. The standard InChI is InChI=1S/C14H20N2OS/c1-3-12(4-2)16-8-7-11(15-16)10-13(17)14-6-5-9-18-14/h5-9,12-13,17H,3-4,10H2,1-2H3. The molecular weight excluding hydrogens is 244 g/mol. The van der Waals surface area contributed by atoms with Crippen molar-refractivity contribution >= 4 is 11.3 Å². The van der Waals surface area contributed by atoms with Gasteiger partial charge in [-0.3, -0.25) is 4.68 Å². The molecule has 2 rings (SSSR count). The van der Waals surface area contributed by atoms with Crippen molar-refractivity contribution < 1.29 is 5.11 Å². The molecular formula is C14H20N2OS. The molecule has 0 radical (unpaired) electrons. The van der Waals surface area contributed by atoms with Gasteiger partial charge in [-0.1, -0.05) is 19.9 Å². The van der Waals surface area contributed by atoms with Crippen molar-refractivity contribution in [2.45, 2.75) is 45.3 Å². The number of hydrogen-bond donors (Lipinski definition) is 1. The molecule has 0 aliphatic heterocycles. The van der Waals surface area contributed by atoms with Gasteiger partial charge in [0.25, 0.3) is 0 Å². The Balaban J connectivity index is 2.02. The quantitative estimate of drug-likeness (QED) is 0.866. The third-order valence-corrected chi connectivity index (χ3v) is 4.23. The molecule has 2 aromatic rings. The van der Waals surface area contributed by atoms with E-state index in [0.29, 0.717) is 12.5 Å². The van der Waals surface area contributed by atoms with Crippen LogP contribution in [0.15, 0.2) is 29.8 Å². The number of hydrogen-bond acceptors (Lipinski definition) is 3. The van der Waals surface area contributed by atoms with E-state index in [4.69, 9.17) is 0 Å². The fourth-order valence-corrected chi connectivity index (χ4v) is 2.84. The van der Waals surface area contributed by atoms with E-state index >= 15 is 0 Å². The largest absolute Gasteiger partial charge is 0.387 e. The fourth-order valence-electron chi connectivity index (χ4n) is 2.13. The molecule has 98 valence electrons. The van der Waals surface area contributed by atoms with Crippen LogP contribution in [-0.4, -0.2) is 14.9 Å². The van der Waals surface area contributed by atoms with Crippen molar-refractivity contribution in [2.75, 3.05) is 0 Å². The first-order valence-corrected chi connectivity index (χ1v) is 7.38. The van der Waals surface area contributed by atoms with Crippen LogP contribution in [0.5, 0.6) is 0 Å². The highest BCUT2D eigenvalue weighted by atomic mass is 32.1. The number of aliphatic hydroxyl groups is 1. The fraction of sp³-hybridized carbons (Fsp3) is 0.500. The van der Waals surface area contributed by atoms with Gasteiger partial charge in [0.05, 0.1) is 17.8 Å². The van der Waals surface area contributed by atoms with E-state index in [2.05, 4.69) is 18.9 Å². The molecule has 1 atom stereocenters. The van der Waals surface area contributed by atoms with E-state index in [9.17, 15) is 5.11 Å². The summed E-state index contributed by atoms with van der Waals surface area (Å²) < 4.78 is 2.02. The van der Waals surface area contributed by atoms with E-state index in [1.165, 1.54) is 0 Å². The predicted molar refractivity (Wildman–Crippen MR) is 74.8 cm³/mol. The Hall–Kier alpha value is -1.13. The molecule has 0 aliphatic carbocycles. The number of aliphatic hydroxyl groups excluding tert-OH is 1. The number of aromatic nitrogens is 2. The van der Waals surface area contributed by atoms with Crippen LogP contribution in [0.2, 0.25) is 0 Å². The van der Waals surface area contributed by atoms with Crippen LogP contribution in [0, 0.1) is 0 Å². The molecule has 0 aromatic carbocycles. The van der Waals surface area contributed by atoms with Crippen LogP contribution in [0.4, 0.5) is 0 Å². The molecule has 1 unspecified atom stereocenters. The van der Waals surface area contributed by atoms with Gasteiger partial charge in [0.1, 0.15) is 0 Å². The number of thiophene rings is 1. The summed E-state index contributed by atoms with van der Waals surface area (Å²) in [4.78, 5) is 1.01. The van der Waals surface area contributed by atoms with Gasteiger partial charge in [-0.05, 0) is 30.4 Å². The van der Waals surface area contributed by atoms with Crippen molar-refractivity contribution in [3.05, 3.63) is 40.3 Å². The van der Waals surface area contributed by atoms with E-state index < -0.39 is 6.10 Å². The third-order valence-electron chi connectivity index (χ3n) is 3.25.